The van der Waals surface area contributed by atoms with Gasteiger partial charge in [0.1, 0.15) is 11.4 Å². The fourth-order valence-electron chi connectivity index (χ4n) is 3.17. The van der Waals surface area contributed by atoms with Crippen LogP contribution in [0.5, 0.6) is 0 Å². The summed E-state index contributed by atoms with van der Waals surface area (Å²) in [5, 5.41) is 2.61. The monoisotopic (exact) mass is 355 g/mol. The highest BCUT2D eigenvalue weighted by Crippen LogP contribution is 2.30. The maximum atomic E-state index is 13.3. The van der Waals surface area contributed by atoms with Gasteiger partial charge in [0.25, 0.3) is 5.56 Å². The van der Waals surface area contributed by atoms with Gasteiger partial charge in [0.15, 0.2) is 0 Å². The largest absolute Gasteiger partial charge is 0.322 e. The lowest BCUT2D eigenvalue weighted by molar-refractivity contribution is -0.105. The van der Waals surface area contributed by atoms with Gasteiger partial charge in [0, 0.05) is 5.56 Å². The molecule has 132 valence electrons. The average Bonchev–Trinajstić information content (AvgIpc) is 3.03. The highest BCUT2D eigenvalue weighted by Gasteiger charge is 2.23. The first-order chi connectivity index (χ1) is 13.3. The van der Waals surface area contributed by atoms with E-state index in [2.05, 4.69) is 5.32 Å². The Morgan fingerprint density at radius 3 is 1.67 bits per heavy atom. The van der Waals surface area contributed by atoms with Gasteiger partial charge >= 0.3 is 0 Å². The van der Waals surface area contributed by atoms with E-state index in [0.29, 0.717) is 17.8 Å². The molecule has 0 radical (unpaired) electrons. The Labute approximate surface area is 156 Å². The molecule has 27 heavy (non-hydrogen) atoms. The van der Waals surface area contributed by atoms with E-state index in [9.17, 15) is 9.59 Å². The molecule has 1 heterocycles. The van der Waals surface area contributed by atoms with Crippen molar-refractivity contribution in [2.75, 3.05) is 5.32 Å². The molecule has 0 bridgehead atoms. The van der Waals surface area contributed by atoms with Crippen molar-refractivity contribution in [2.24, 2.45) is 0 Å². The second-order valence-electron chi connectivity index (χ2n) is 5.95. The second-order valence-corrected chi connectivity index (χ2v) is 5.95. The zero-order chi connectivity index (χ0) is 18.6. The molecule has 3 aromatic carbocycles. The van der Waals surface area contributed by atoms with Crippen LogP contribution in [0.2, 0.25) is 0 Å². The average molecular weight is 355 g/mol. The maximum absolute atomic E-state index is 13.3. The predicted octanol–water partition coefficient (Wildman–Crippen LogP) is 3.86. The van der Waals surface area contributed by atoms with E-state index >= 15 is 0 Å². The lowest BCUT2D eigenvalue weighted by Gasteiger charge is -2.15. The molecule has 0 aliphatic carbocycles. The van der Waals surface area contributed by atoms with Crippen molar-refractivity contribution in [1.29, 1.82) is 0 Å². The highest BCUT2D eigenvalue weighted by atomic mass is 16.1. The van der Waals surface area contributed by atoms with Gasteiger partial charge < -0.3 is 5.32 Å². The quantitative estimate of drug-likeness (QED) is 0.553. The molecule has 0 saturated heterocycles. The standard InChI is InChI=1S/C22H17N3O2/c26-16-23-20-21(17-10-4-1-5-11-17)24(18-12-6-2-7-13-18)25(22(20)27)19-14-8-3-9-15-19/h1-16H,(H,23,26). The van der Waals surface area contributed by atoms with Crippen molar-refractivity contribution < 1.29 is 4.79 Å². The number of carbonyl (C=O) groups is 1. The summed E-state index contributed by atoms with van der Waals surface area (Å²) in [4.78, 5) is 24.5. The molecule has 1 N–H and O–H groups in total. The van der Waals surface area contributed by atoms with Crippen LogP contribution in [0.15, 0.2) is 95.8 Å². The molecule has 0 saturated carbocycles. The van der Waals surface area contributed by atoms with Crippen molar-refractivity contribution in [3.05, 3.63) is 101 Å². The third kappa shape index (κ3) is 2.95. The molecule has 0 atom stereocenters. The van der Waals surface area contributed by atoms with E-state index < -0.39 is 0 Å². The molecule has 0 fully saturated rings. The second kappa shape index (κ2) is 7.17. The highest BCUT2D eigenvalue weighted by molar-refractivity contribution is 5.84. The Kier molecular flexibility index (Phi) is 4.41. The number of benzene rings is 3. The van der Waals surface area contributed by atoms with E-state index in [4.69, 9.17) is 0 Å². The molecule has 0 spiro atoms. The zero-order valence-corrected chi connectivity index (χ0v) is 14.4. The van der Waals surface area contributed by atoms with Crippen LogP contribution in [0.1, 0.15) is 0 Å². The molecular formula is C22H17N3O2. The summed E-state index contributed by atoms with van der Waals surface area (Å²) in [6.07, 6.45) is 0.536. The molecule has 4 aromatic rings. The number of para-hydroxylation sites is 2. The summed E-state index contributed by atoms with van der Waals surface area (Å²) in [5.41, 5.74) is 2.93. The van der Waals surface area contributed by atoms with Gasteiger partial charge in [-0.25, -0.2) is 9.36 Å². The lowest BCUT2D eigenvalue weighted by Crippen LogP contribution is -2.21. The number of anilines is 1. The number of rotatable bonds is 5. The summed E-state index contributed by atoms with van der Waals surface area (Å²) in [7, 11) is 0. The number of hydrogen-bond acceptors (Lipinski definition) is 2. The van der Waals surface area contributed by atoms with E-state index in [-0.39, 0.29) is 11.2 Å². The Balaban J connectivity index is 2.14. The Bertz CT molecular complexity index is 1110. The molecule has 1 aromatic heterocycles. The fourth-order valence-corrected chi connectivity index (χ4v) is 3.17. The number of hydrogen-bond donors (Lipinski definition) is 1. The summed E-state index contributed by atoms with van der Waals surface area (Å²) in [6, 6.07) is 28.5. The van der Waals surface area contributed by atoms with Crippen molar-refractivity contribution in [1.82, 2.24) is 9.36 Å². The van der Waals surface area contributed by atoms with E-state index in [0.717, 1.165) is 11.3 Å². The SMILES string of the molecule is O=CNc1c(-c2ccccc2)n(-c2ccccc2)n(-c2ccccc2)c1=O. The van der Waals surface area contributed by atoms with E-state index in [1.165, 1.54) is 0 Å². The zero-order valence-electron chi connectivity index (χ0n) is 14.4. The third-order valence-corrected chi connectivity index (χ3v) is 4.31. The van der Waals surface area contributed by atoms with Gasteiger partial charge in [0.05, 0.1) is 11.4 Å². The molecule has 5 heteroatoms. The number of amides is 1. The van der Waals surface area contributed by atoms with Gasteiger partial charge in [-0.1, -0.05) is 66.7 Å². The number of aromatic nitrogens is 2. The molecule has 0 unspecified atom stereocenters. The molecule has 0 aliphatic rings. The van der Waals surface area contributed by atoms with Crippen LogP contribution in [0.3, 0.4) is 0 Å². The molecule has 1 amide bonds. The van der Waals surface area contributed by atoms with E-state index in [1.807, 2.05) is 95.7 Å². The van der Waals surface area contributed by atoms with Crippen molar-refractivity contribution in [3.63, 3.8) is 0 Å². The summed E-state index contributed by atoms with van der Waals surface area (Å²) in [5.74, 6) is 0. The van der Waals surface area contributed by atoms with Gasteiger partial charge in [-0.3, -0.25) is 9.59 Å². The minimum atomic E-state index is -0.295. The first-order valence-electron chi connectivity index (χ1n) is 8.55. The first-order valence-corrected chi connectivity index (χ1v) is 8.55. The van der Waals surface area contributed by atoms with Crippen LogP contribution in [0.25, 0.3) is 22.6 Å². The molecule has 4 rings (SSSR count). The van der Waals surface area contributed by atoms with Crippen LogP contribution in [0.4, 0.5) is 5.69 Å². The number of nitrogens with one attached hydrogen (secondary N) is 1. The van der Waals surface area contributed by atoms with Crippen LogP contribution >= 0.6 is 0 Å². The number of carbonyl (C=O) groups excluding carboxylic acids is 1. The van der Waals surface area contributed by atoms with Crippen LogP contribution in [0, 0.1) is 0 Å². The normalized spacial score (nSPS) is 10.5. The third-order valence-electron chi connectivity index (χ3n) is 4.31. The predicted molar refractivity (Wildman–Crippen MR) is 106 cm³/mol. The van der Waals surface area contributed by atoms with Crippen LogP contribution < -0.4 is 10.9 Å². The number of nitrogens with zero attached hydrogens (tertiary/aromatic N) is 2. The summed E-state index contributed by atoms with van der Waals surface area (Å²) >= 11 is 0. The van der Waals surface area contributed by atoms with E-state index in [1.54, 1.807) is 4.68 Å². The van der Waals surface area contributed by atoms with Gasteiger partial charge in [0.2, 0.25) is 6.41 Å². The van der Waals surface area contributed by atoms with Gasteiger partial charge in [-0.05, 0) is 24.3 Å². The Morgan fingerprint density at radius 2 is 1.15 bits per heavy atom. The van der Waals surface area contributed by atoms with Crippen molar-refractivity contribution in [2.45, 2.75) is 0 Å². The van der Waals surface area contributed by atoms with Crippen LogP contribution in [-0.2, 0) is 4.79 Å². The Hall–Kier alpha value is -3.86. The summed E-state index contributed by atoms with van der Waals surface area (Å²) < 4.78 is 3.41. The minimum Gasteiger partial charge on any atom is -0.322 e. The summed E-state index contributed by atoms with van der Waals surface area (Å²) in [6.45, 7) is 0. The topological polar surface area (TPSA) is 56.0 Å². The van der Waals surface area contributed by atoms with Crippen LogP contribution in [-0.4, -0.2) is 15.8 Å². The van der Waals surface area contributed by atoms with Crippen molar-refractivity contribution in [3.8, 4) is 22.6 Å². The lowest BCUT2D eigenvalue weighted by atomic mass is 10.1. The Morgan fingerprint density at radius 1 is 0.667 bits per heavy atom. The smallest absolute Gasteiger partial charge is 0.296 e. The maximum Gasteiger partial charge on any atom is 0.296 e. The molecular weight excluding hydrogens is 338 g/mol. The molecule has 0 aliphatic heterocycles. The van der Waals surface area contributed by atoms with Gasteiger partial charge in [-0.15, -0.1) is 0 Å². The van der Waals surface area contributed by atoms with Crippen molar-refractivity contribution >= 4 is 12.1 Å². The van der Waals surface area contributed by atoms with Gasteiger partial charge in [-0.2, -0.15) is 0 Å². The molecule has 5 nitrogen and oxygen atoms in total. The minimum absolute atomic E-state index is 0.240. The first kappa shape index (κ1) is 16.6. The fraction of sp³-hybridized carbons (Fsp3) is 0.